The van der Waals surface area contributed by atoms with Crippen LogP contribution in [0.25, 0.3) is 5.57 Å². The van der Waals surface area contributed by atoms with E-state index in [0.717, 1.165) is 6.07 Å². The maximum absolute atomic E-state index is 15.0. The van der Waals surface area contributed by atoms with Crippen LogP contribution in [-0.2, 0) is 48.1 Å². The Hall–Kier alpha value is -5.20. The molecule has 0 radical (unpaired) electrons. The van der Waals surface area contributed by atoms with E-state index in [2.05, 4.69) is 6.58 Å². The first-order valence-corrected chi connectivity index (χ1v) is 24.4. The fourth-order valence-corrected chi connectivity index (χ4v) is 10.3. The highest BCUT2D eigenvalue weighted by Crippen LogP contribution is 2.35. The number of nitriles is 2. The third-order valence-corrected chi connectivity index (χ3v) is 14.3. The average molecular weight is 988 g/mol. The summed E-state index contributed by atoms with van der Waals surface area (Å²) < 4.78 is 85.2. The summed E-state index contributed by atoms with van der Waals surface area (Å²) in [5, 5.41) is 37.7. The minimum Gasteiger partial charge on any atom is -0.393 e. The van der Waals surface area contributed by atoms with E-state index in [1.165, 1.54) is 43.3 Å². The predicted octanol–water partition coefficient (Wildman–Crippen LogP) is 9.52. The van der Waals surface area contributed by atoms with Gasteiger partial charge in [-0.1, -0.05) is 103 Å². The second kappa shape index (κ2) is 22.1. The van der Waals surface area contributed by atoms with Crippen molar-refractivity contribution in [1.82, 2.24) is 9.44 Å². The van der Waals surface area contributed by atoms with Crippen LogP contribution in [0.5, 0.6) is 0 Å². The summed E-state index contributed by atoms with van der Waals surface area (Å²) in [6, 6.07) is 14.4. The van der Waals surface area contributed by atoms with E-state index in [1.54, 1.807) is 40.7 Å². The van der Waals surface area contributed by atoms with Crippen molar-refractivity contribution in [3.8, 4) is 12.1 Å². The zero-order valence-corrected chi connectivity index (χ0v) is 41.5. The molecule has 4 rings (SSSR count). The van der Waals surface area contributed by atoms with E-state index in [9.17, 15) is 55.9 Å². The van der Waals surface area contributed by atoms with Gasteiger partial charge in [0, 0.05) is 0 Å². The number of amides is 2. The Morgan fingerprint density at radius 2 is 1.09 bits per heavy atom. The van der Waals surface area contributed by atoms with Gasteiger partial charge in [-0.05, 0) is 118 Å². The first-order chi connectivity index (χ1) is 30.5. The molecule has 4 N–H and O–H groups in total. The second-order valence-corrected chi connectivity index (χ2v) is 21.3. The predicted molar refractivity (Wildman–Crippen MR) is 251 cm³/mol. The van der Waals surface area contributed by atoms with Gasteiger partial charge in [-0.3, -0.25) is 9.59 Å². The lowest BCUT2D eigenvalue weighted by atomic mass is 9.85. The van der Waals surface area contributed by atoms with Gasteiger partial charge in [0.2, 0.25) is 11.8 Å². The summed E-state index contributed by atoms with van der Waals surface area (Å²) >= 11 is 12.2. The number of carbonyl (C=O) groups excluding carboxylic acids is 2. The molecule has 0 spiro atoms. The molecule has 1 atom stereocenters. The molecule has 0 heterocycles. The van der Waals surface area contributed by atoms with Gasteiger partial charge in [0.1, 0.15) is 39.2 Å². The number of nitrogens with zero attached hydrogens (tertiary/aromatic N) is 2. The number of allylic oxidation sites excluding steroid dienone is 1. The van der Waals surface area contributed by atoms with Crippen molar-refractivity contribution in [2.45, 2.75) is 121 Å². The molecule has 354 valence electrons. The second-order valence-electron chi connectivity index (χ2n) is 17.2. The van der Waals surface area contributed by atoms with E-state index in [-0.39, 0.29) is 77.7 Å². The molecule has 0 bridgehead atoms. The van der Waals surface area contributed by atoms with E-state index >= 15 is 0 Å². The molecule has 0 aliphatic heterocycles. The van der Waals surface area contributed by atoms with Crippen LogP contribution < -0.4 is 9.44 Å². The molecule has 1 unspecified atom stereocenters. The number of aliphatic hydroxyl groups is 2. The number of nitrogens with one attached hydrogen (secondary N) is 2. The Bertz CT molecular complexity index is 2870. The van der Waals surface area contributed by atoms with Crippen molar-refractivity contribution in [3.63, 3.8) is 0 Å². The fourth-order valence-electron chi connectivity index (χ4n) is 7.20. The van der Waals surface area contributed by atoms with Crippen molar-refractivity contribution < 1.29 is 45.4 Å². The first-order valence-electron chi connectivity index (χ1n) is 20.7. The highest BCUT2D eigenvalue weighted by atomic mass is 35.5. The lowest BCUT2D eigenvalue weighted by molar-refractivity contribution is -0.119. The van der Waals surface area contributed by atoms with Crippen LogP contribution in [0, 0.1) is 34.3 Å². The van der Waals surface area contributed by atoms with E-state index in [0.29, 0.717) is 33.4 Å². The normalized spacial score (nSPS) is 12.6. The van der Waals surface area contributed by atoms with Crippen LogP contribution in [0.4, 0.5) is 8.78 Å². The van der Waals surface area contributed by atoms with E-state index < -0.39 is 62.1 Å². The van der Waals surface area contributed by atoms with E-state index in [1.807, 2.05) is 49.3 Å². The van der Waals surface area contributed by atoms with Gasteiger partial charge in [0.05, 0.1) is 40.6 Å². The third kappa shape index (κ3) is 12.8. The van der Waals surface area contributed by atoms with Crippen molar-refractivity contribution in [1.29, 1.82) is 10.5 Å². The molecule has 0 saturated carbocycles. The zero-order valence-electron chi connectivity index (χ0n) is 38.3. The highest BCUT2D eigenvalue weighted by Gasteiger charge is 2.30. The maximum Gasteiger partial charge on any atom is 0.265 e. The Balaban J connectivity index is 0.000000351. The summed E-state index contributed by atoms with van der Waals surface area (Å²) in [7, 11) is -8.64. The molecule has 18 heteroatoms. The van der Waals surface area contributed by atoms with E-state index in [4.69, 9.17) is 23.2 Å². The van der Waals surface area contributed by atoms with Gasteiger partial charge in [-0.15, -0.1) is 0 Å². The van der Waals surface area contributed by atoms with Gasteiger partial charge >= 0.3 is 0 Å². The van der Waals surface area contributed by atoms with Gasteiger partial charge in [0.25, 0.3) is 20.0 Å². The Morgan fingerprint density at radius 3 is 1.39 bits per heavy atom. The topological polar surface area (TPSA) is 215 Å². The molecule has 4 aromatic carbocycles. The molecule has 12 nitrogen and oxygen atoms in total. The lowest BCUT2D eigenvalue weighted by Gasteiger charge is -2.22. The van der Waals surface area contributed by atoms with Gasteiger partial charge < -0.3 is 10.2 Å². The molecule has 0 aromatic heterocycles. The van der Waals surface area contributed by atoms with Gasteiger partial charge in [-0.2, -0.15) is 10.5 Å². The first kappa shape index (κ1) is 55.1. The summed E-state index contributed by atoms with van der Waals surface area (Å²) in [6.07, 6.45) is -0.776. The maximum atomic E-state index is 15.0. The largest absolute Gasteiger partial charge is 0.393 e. The molecule has 0 aliphatic carbocycles. The molecular weight excluding hydrogens is 934 g/mol. The molecular formula is C48H54Cl2F2N4O8S2. The summed E-state index contributed by atoms with van der Waals surface area (Å²) in [6.45, 7) is 20.6. The highest BCUT2D eigenvalue weighted by molar-refractivity contribution is 7.90. The number of sulfonamides is 2. The van der Waals surface area contributed by atoms with Crippen LogP contribution >= 0.6 is 23.2 Å². The van der Waals surface area contributed by atoms with Crippen LogP contribution in [0.2, 0.25) is 10.0 Å². The van der Waals surface area contributed by atoms with Crippen molar-refractivity contribution >= 4 is 60.6 Å². The van der Waals surface area contributed by atoms with Crippen molar-refractivity contribution in [2.24, 2.45) is 0 Å². The molecule has 2 amide bonds. The van der Waals surface area contributed by atoms with Crippen LogP contribution in [0.3, 0.4) is 0 Å². The molecule has 66 heavy (non-hydrogen) atoms. The molecule has 0 aliphatic rings. The summed E-state index contributed by atoms with van der Waals surface area (Å²) in [5.41, 5.74) is 2.11. The molecule has 0 fully saturated rings. The average Bonchev–Trinajstić information content (AvgIpc) is 3.19. The number of aliphatic hydroxyl groups excluding tert-OH is 1. The Labute approximate surface area is 396 Å². The van der Waals surface area contributed by atoms with Crippen molar-refractivity contribution in [3.05, 3.63) is 132 Å². The Morgan fingerprint density at radius 1 is 0.712 bits per heavy atom. The van der Waals surface area contributed by atoms with Gasteiger partial charge in [0.15, 0.2) is 0 Å². The van der Waals surface area contributed by atoms with Crippen LogP contribution in [-0.4, -0.2) is 45.5 Å². The summed E-state index contributed by atoms with van der Waals surface area (Å²) in [4.78, 5) is 24.9. The number of hydrogen-bond donors (Lipinski definition) is 4. The quantitative estimate of drug-likeness (QED) is 0.0885. The molecule has 0 saturated heterocycles. The van der Waals surface area contributed by atoms with Crippen LogP contribution in [0.15, 0.2) is 64.9 Å². The van der Waals surface area contributed by atoms with Gasteiger partial charge in [-0.25, -0.2) is 35.1 Å². The monoisotopic (exact) mass is 986 g/mol. The standard InChI is InChI=1S/C24H28ClFN2O5S.C24H26ClFN2O3S/c1-13(2)17-8-15(11-27)23(26)22(14(3)4)18(17)10-21(30)28-34(32,33)20-7-6-16(9-19(20)25)24(5,31)12-29;1-13(2)16-7-8-21(20(25)10-16)32(30,31)28-22(29)11-19-18(14(3)4)9-17(12-27)24(26)23(19)15(5)6/h6-9,13-14,29,31H,10,12H2,1-5H3,(H,28,30);7-10,14-15H,1,11H2,2-6H3,(H,28,29). The number of carbonyl (C=O) groups is 2. The number of rotatable bonds is 15. The minimum atomic E-state index is -4.39. The van der Waals surface area contributed by atoms with Crippen LogP contribution in [0.1, 0.15) is 149 Å². The van der Waals surface area contributed by atoms with Crippen molar-refractivity contribution in [2.75, 3.05) is 6.61 Å². The molecule has 4 aromatic rings. The lowest BCUT2D eigenvalue weighted by Crippen LogP contribution is -2.33. The smallest absolute Gasteiger partial charge is 0.265 e. The Kier molecular flexibility index (Phi) is 18.4. The number of benzene rings is 4. The number of hydrogen-bond acceptors (Lipinski definition) is 10. The summed E-state index contributed by atoms with van der Waals surface area (Å²) in [5.74, 6) is -4.04. The fraction of sp³-hybridized carbons (Fsp3) is 0.375. The number of halogens is 4. The SMILES string of the molecule is C=C(C)c1ccc(S(=O)(=O)NC(=O)Cc2c(C(C)C)cc(C#N)c(F)c2C(C)C)c(Cl)c1.CC(C)c1cc(C#N)c(F)c(C(C)C)c1CC(=O)NS(=O)(=O)c1ccc(C(C)(O)CO)cc1Cl. The minimum absolute atomic E-state index is 0.0408. The zero-order chi connectivity index (χ0) is 50.4. The third-order valence-electron chi connectivity index (χ3n) is 10.6.